The molecule has 2 unspecified atom stereocenters. The number of rotatable bonds is 8. The van der Waals surface area contributed by atoms with Crippen LogP contribution in [0, 0.1) is 17.8 Å². The monoisotopic (exact) mass is 502 g/mol. The Morgan fingerprint density at radius 1 is 0.935 bits per heavy atom. The van der Waals surface area contributed by atoms with E-state index in [1.165, 1.54) is 0 Å². The number of benzene rings is 2. The lowest BCUT2D eigenvalue weighted by Gasteiger charge is -2.21. The minimum absolute atomic E-state index is 0.270. The van der Waals surface area contributed by atoms with E-state index < -0.39 is 6.29 Å². The van der Waals surface area contributed by atoms with Gasteiger partial charge in [0, 0.05) is 27.2 Å². The minimum Gasteiger partial charge on any atom is -0.374 e. The van der Waals surface area contributed by atoms with Crippen molar-refractivity contribution in [1.82, 2.24) is 0 Å². The topological polar surface area (TPSA) is 36.9 Å². The van der Waals surface area contributed by atoms with E-state index in [1.54, 1.807) is 38.3 Å². The van der Waals surface area contributed by atoms with Gasteiger partial charge >= 0.3 is 0 Å². The van der Waals surface area contributed by atoms with Gasteiger partial charge in [0.2, 0.25) is 0 Å². The molecule has 31 heavy (non-hydrogen) atoms. The van der Waals surface area contributed by atoms with Crippen LogP contribution in [0.15, 0.2) is 36.4 Å². The van der Waals surface area contributed by atoms with Gasteiger partial charge in [-0.3, -0.25) is 0 Å². The van der Waals surface area contributed by atoms with Crippen LogP contribution in [0.4, 0.5) is 0 Å². The highest BCUT2D eigenvalue weighted by Crippen LogP contribution is 2.32. The zero-order chi connectivity index (χ0) is 22.4. The van der Waals surface area contributed by atoms with E-state index in [2.05, 4.69) is 11.8 Å². The largest absolute Gasteiger partial charge is 0.374 e. The fourth-order valence-corrected chi connectivity index (χ4v) is 4.26. The summed E-state index contributed by atoms with van der Waals surface area (Å²) in [6.45, 7) is 2.64. The first-order chi connectivity index (χ1) is 14.9. The zero-order valence-corrected chi connectivity index (χ0v) is 20.1. The van der Waals surface area contributed by atoms with Gasteiger partial charge in [-0.05, 0) is 42.3 Å². The summed E-state index contributed by atoms with van der Waals surface area (Å²) in [4.78, 5) is 0. The molecule has 2 aromatic rings. The van der Waals surface area contributed by atoms with Crippen molar-refractivity contribution in [2.75, 3.05) is 13.7 Å². The number of halogens is 4. The van der Waals surface area contributed by atoms with Crippen molar-refractivity contribution in [1.29, 1.82) is 0 Å². The molecule has 0 N–H and O–H groups in total. The van der Waals surface area contributed by atoms with E-state index in [9.17, 15) is 0 Å². The van der Waals surface area contributed by atoms with Crippen molar-refractivity contribution >= 4 is 46.4 Å². The molecule has 0 aromatic heterocycles. The van der Waals surface area contributed by atoms with E-state index in [0.29, 0.717) is 26.7 Å². The molecule has 8 heteroatoms. The lowest BCUT2D eigenvalue weighted by molar-refractivity contribution is -0.141. The third-order valence-electron chi connectivity index (χ3n) is 4.87. The molecule has 3 rings (SSSR count). The fourth-order valence-electron chi connectivity index (χ4n) is 3.33. The number of methoxy groups -OCH3 is 1. The Hall–Kier alpha value is -1.000. The molecule has 4 atom stereocenters. The first-order valence-corrected chi connectivity index (χ1v) is 11.1. The summed E-state index contributed by atoms with van der Waals surface area (Å²) in [5.41, 5.74) is 1.66. The summed E-state index contributed by atoms with van der Waals surface area (Å²) in [7, 11) is 1.58. The summed E-state index contributed by atoms with van der Waals surface area (Å²) in [6, 6.07) is 10.6. The van der Waals surface area contributed by atoms with Gasteiger partial charge in [0.25, 0.3) is 0 Å². The molecule has 0 bridgehead atoms. The average molecular weight is 504 g/mol. The van der Waals surface area contributed by atoms with E-state index in [1.807, 2.05) is 12.1 Å². The molecular weight excluding hydrogens is 482 g/mol. The summed E-state index contributed by atoms with van der Waals surface area (Å²) in [5, 5.41) is 2.23. The van der Waals surface area contributed by atoms with Crippen LogP contribution in [0.5, 0.6) is 0 Å². The molecule has 1 heterocycles. The summed E-state index contributed by atoms with van der Waals surface area (Å²) >= 11 is 24.4. The van der Waals surface area contributed by atoms with Crippen molar-refractivity contribution < 1.29 is 18.9 Å². The van der Waals surface area contributed by atoms with Gasteiger partial charge < -0.3 is 18.9 Å². The maximum absolute atomic E-state index is 6.29. The third kappa shape index (κ3) is 6.51. The molecule has 2 aromatic carbocycles. The molecule has 1 saturated heterocycles. The lowest BCUT2D eigenvalue weighted by Crippen LogP contribution is -2.33. The summed E-state index contributed by atoms with van der Waals surface area (Å²) in [5.74, 6) is 5.80. The van der Waals surface area contributed by atoms with Crippen molar-refractivity contribution in [3.05, 3.63) is 67.6 Å². The molecule has 0 aliphatic carbocycles. The molecule has 1 aliphatic rings. The highest BCUT2D eigenvalue weighted by atomic mass is 35.5. The van der Waals surface area contributed by atoms with Crippen LogP contribution in [0.2, 0.25) is 20.1 Å². The third-order valence-corrected chi connectivity index (χ3v) is 6.04. The predicted octanol–water partition coefficient (Wildman–Crippen LogP) is 6.41. The van der Waals surface area contributed by atoms with E-state index in [0.717, 1.165) is 11.1 Å². The molecule has 1 fully saturated rings. The number of ether oxygens (including phenoxy) is 4. The van der Waals surface area contributed by atoms with Crippen molar-refractivity contribution in [2.45, 2.75) is 38.6 Å². The Morgan fingerprint density at radius 3 is 2.10 bits per heavy atom. The van der Waals surface area contributed by atoms with Crippen molar-refractivity contribution in [3.8, 4) is 11.8 Å². The maximum Gasteiger partial charge on any atom is 0.174 e. The Kier molecular flexibility index (Phi) is 9.33. The van der Waals surface area contributed by atoms with Crippen LogP contribution in [0.1, 0.15) is 18.1 Å². The Morgan fingerprint density at radius 2 is 1.55 bits per heavy atom. The molecule has 0 amide bonds. The fraction of sp³-hybridized carbons (Fsp3) is 0.391. The van der Waals surface area contributed by atoms with Crippen molar-refractivity contribution in [2.24, 2.45) is 5.92 Å². The highest BCUT2D eigenvalue weighted by Gasteiger charge is 2.45. The second-order valence-corrected chi connectivity index (χ2v) is 8.65. The quantitative estimate of drug-likeness (QED) is 0.390. The van der Waals surface area contributed by atoms with Gasteiger partial charge in [0.05, 0.1) is 19.8 Å². The number of hydrogen-bond acceptors (Lipinski definition) is 4. The molecular formula is C23H22Cl4O4. The summed E-state index contributed by atoms with van der Waals surface area (Å²) < 4.78 is 23.6. The molecule has 0 spiro atoms. The Labute approximate surface area is 202 Å². The molecule has 166 valence electrons. The second-order valence-electron chi connectivity index (χ2n) is 6.96. The van der Waals surface area contributed by atoms with Gasteiger partial charge in [-0.15, -0.1) is 5.92 Å². The van der Waals surface area contributed by atoms with Gasteiger partial charge in [0.1, 0.15) is 18.1 Å². The maximum atomic E-state index is 6.29. The average Bonchev–Trinajstić information content (AvgIpc) is 3.06. The van der Waals surface area contributed by atoms with E-state index in [4.69, 9.17) is 65.4 Å². The normalized spacial score (nSPS) is 22.9. The van der Waals surface area contributed by atoms with Crippen molar-refractivity contribution in [3.63, 3.8) is 0 Å². The SMILES string of the molecule is CC#C[C@@H]1C(OC)O[C@H](COCc2ccc(Cl)cc2Cl)C1OCc1ccc(Cl)cc1Cl. The van der Waals surface area contributed by atoms with Gasteiger partial charge in [0.15, 0.2) is 6.29 Å². The summed E-state index contributed by atoms with van der Waals surface area (Å²) in [6.07, 6.45) is -1.27. The Bertz CT molecular complexity index is 956. The molecule has 4 nitrogen and oxygen atoms in total. The first kappa shape index (κ1) is 24.6. The van der Waals surface area contributed by atoms with Crippen LogP contribution in [0.25, 0.3) is 0 Å². The van der Waals surface area contributed by atoms with Crippen LogP contribution in [-0.2, 0) is 32.2 Å². The Balaban J connectivity index is 1.68. The standard InChI is InChI=1S/C23H22Cl4O4/c1-3-4-18-22(30-12-15-6-8-17(25)10-20(15)27)21(31-23(18)28-2)13-29-11-14-5-7-16(24)9-19(14)26/h5-10,18,21-23H,11-13H2,1-2H3/t18-,21+,22?,23?/m0/s1. The van der Waals surface area contributed by atoms with Gasteiger partial charge in [-0.25, -0.2) is 0 Å². The van der Waals surface area contributed by atoms with Crippen LogP contribution in [-0.4, -0.2) is 32.2 Å². The molecule has 1 aliphatic heterocycles. The molecule has 0 radical (unpaired) electrons. The van der Waals surface area contributed by atoms with E-state index >= 15 is 0 Å². The lowest BCUT2D eigenvalue weighted by atomic mass is 10.0. The zero-order valence-electron chi connectivity index (χ0n) is 17.0. The smallest absolute Gasteiger partial charge is 0.174 e. The minimum atomic E-state index is -0.522. The van der Waals surface area contributed by atoms with Crippen LogP contribution < -0.4 is 0 Å². The number of hydrogen-bond donors (Lipinski definition) is 0. The highest BCUT2D eigenvalue weighted by molar-refractivity contribution is 6.35. The van der Waals surface area contributed by atoms with E-state index in [-0.39, 0.29) is 31.3 Å². The van der Waals surface area contributed by atoms with Crippen LogP contribution in [0.3, 0.4) is 0 Å². The second kappa shape index (κ2) is 11.7. The van der Waals surface area contributed by atoms with Gasteiger partial charge in [-0.1, -0.05) is 64.5 Å². The first-order valence-electron chi connectivity index (χ1n) is 9.60. The van der Waals surface area contributed by atoms with Crippen LogP contribution >= 0.6 is 46.4 Å². The molecule has 0 saturated carbocycles. The van der Waals surface area contributed by atoms with Gasteiger partial charge in [-0.2, -0.15) is 0 Å². The predicted molar refractivity (Wildman–Crippen MR) is 124 cm³/mol.